The van der Waals surface area contributed by atoms with Crippen LogP contribution in [0.5, 0.6) is 0 Å². The summed E-state index contributed by atoms with van der Waals surface area (Å²) in [4.78, 5) is 30.3. The number of aromatic nitrogens is 1. The van der Waals surface area contributed by atoms with Gasteiger partial charge in [-0.25, -0.2) is 9.37 Å². The topological polar surface area (TPSA) is 108 Å². The summed E-state index contributed by atoms with van der Waals surface area (Å²) in [6, 6.07) is 14.2. The van der Waals surface area contributed by atoms with Crippen LogP contribution in [0.2, 0.25) is 0 Å². The van der Waals surface area contributed by atoms with E-state index in [0.29, 0.717) is 18.4 Å². The summed E-state index contributed by atoms with van der Waals surface area (Å²) < 4.78 is 60.5. The molecular formula is C30H24F4N4O3. The van der Waals surface area contributed by atoms with Crippen LogP contribution in [-0.4, -0.2) is 35.6 Å². The van der Waals surface area contributed by atoms with Crippen LogP contribution in [0, 0.1) is 24.1 Å². The molecule has 0 radical (unpaired) electrons. The van der Waals surface area contributed by atoms with E-state index < -0.39 is 42.2 Å². The Bertz CT molecular complexity index is 1720. The third kappa shape index (κ3) is 5.63. The molecule has 1 aliphatic carbocycles. The average molecular weight is 565 g/mol. The van der Waals surface area contributed by atoms with Crippen LogP contribution < -0.4 is 10.6 Å². The predicted molar refractivity (Wildman–Crippen MR) is 142 cm³/mol. The number of pyridine rings is 1. The van der Waals surface area contributed by atoms with E-state index in [0.717, 1.165) is 11.6 Å². The molecular weight excluding hydrogens is 540 g/mol. The van der Waals surface area contributed by atoms with Crippen molar-refractivity contribution in [3.05, 3.63) is 76.7 Å². The minimum Gasteiger partial charge on any atom is -0.437 e. The summed E-state index contributed by atoms with van der Waals surface area (Å²) in [6.07, 6.45) is -5.33. The maximum atomic E-state index is 14.8. The number of alkyl halides is 3. The van der Waals surface area contributed by atoms with Crippen LogP contribution in [0.15, 0.2) is 52.9 Å². The lowest BCUT2D eigenvalue weighted by molar-refractivity contribution is -0.134. The van der Waals surface area contributed by atoms with Gasteiger partial charge in [-0.3, -0.25) is 9.59 Å². The van der Waals surface area contributed by atoms with E-state index in [4.69, 9.17) is 4.42 Å². The summed E-state index contributed by atoms with van der Waals surface area (Å²) in [5.74, 6) is -1.98. The van der Waals surface area contributed by atoms with Gasteiger partial charge < -0.3 is 15.1 Å². The number of nitrogens with zero attached hydrogens (tertiary/aromatic N) is 2. The second-order valence-corrected chi connectivity index (χ2v) is 10.0. The van der Waals surface area contributed by atoms with E-state index in [9.17, 15) is 32.4 Å². The van der Waals surface area contributed by atoms with Crippen molar-refractivity contribution in [3.8, 4) is 28.5 Å². The minimum atomic E-state index is -4.49. The highest BCUT2D eigenvalue weighted by molar-refractivity contribution is 6.11. The van der Waals surface area contributed by atoms with Crippen molar-refractivity contribution in [1.29, 1.82) is 5.26 Å². The minimum absolute atomic E-state index is 0.00357. The molecule has 1 aliphatic rings. The van der Waals surface area contributed by atoms with Crippen molar-refractivity contribution in [2.75, 3.05) is 7.05 Å². The second-order valence-electron chi connectivity index (χ2n) is 10.0. The summed E-state index contributed by atoms with van der Waals surface area (Å²) in [7, 11) is 1.44. The Kier molecular flexibility index (Phi) is 7.03. The number of nitriles is 1. The Morgan fingerprint density at radius 3 is 2.37 bits per heavy atom. The fourth-order valence-electron chi connectivity index (χ4n) is 4.56. The first-order valence-electron chi connectivity index (χ1n) is 12.8. The highest BCUT2D eigenvalue weighted by Gasteiger charge is 2.45. The molecule has 0 bridgehead atoms. The molecule has 5 rings (SSSR count). The number of furan rings is 1. The largest absolute Gasteiger partial charge is 0.437 e. The smallest absolute Gasteiger partial charge is 0.389 e. The van der Waals surface area contributed by atoms with E-state index in [-0.39, 0.29) is 44.8 Å². The van der Waals surface area contributed by atoms with Crippen molar-refractivity contribution >= 4 is 22.9 Å². The number of hydrogen-bond acceptors (Lipinski definition) is 5. The average Bonchev–Trinajstić information content (AvgIpc) is 3.62. The van der Waals surface area contributed by atoms with Crippen molar-refractivity contribution in [1.82, 2.24) is 15.6 Å². The molecule has 1 saturated carbocycles. The van der Waals surface area contributed by atoms with E-state index in [2.05, 4.69) is 15.6 Å². The van der Waals surface area contributed by atoms with Crippen LogP contribution in [0.4, 0.5) is 17.6 Å². The fraction of sp³-hybridized carbons (Fsp3) is 0.267. The SMILES string of the molecule is CNC(=O)c1c(-c2ccc(C)cc2)oc2nc(CCC(F)(F)F)c(-c3ccc(F)c(C(=O)NC4(C#N)CC4)c3)cc12. The van der Waals surface area contributed by atoms with Crippen LogP contribution in [0.25, 0.3) is 33.6 Å². The molecule has 1 fully saturated rings. The van der Waals surface area contributed by atoms with Gasteiger partial charge in [0.1, 0.15) is 17.1 Å². The highest BCUT2D eigenvalue weighted by atomic mass is 19.4. The van der Waals surface area contributed by atoms with Crippen LogP contribution in [0.1, 0.15) is 51.2 Å². The lowest BCUT2D eigenvalue weighted by Crippen LogP contribution is -2.36. The molecule has 7 nitrogen and oxygen atoms in total. The Hall–Kier alpha value is -4.72. The summed E-state index contributed by atoms with van der Waals surface area (Å²) in [6.45, 7) is 1.89. The third-order valence-corrected chi connectivity index (χ3v) is 7.01. The zero-order chi connectivity index (χ0) is 29.5. The normalized spacial score (nSPS) is 14.0. The van der Waals surface area contributed by atoms with Crippen LogP contribution in [-0.2, 0) is 6.42 Å². The van der Waals surface area contributed by atoms with Gasteiger partial charge in [0.15, 0.2) is 0 Å². The molecule has 210 valence electrons. The summed E-state index contributed by atoms with van der Waals surface area (Å²) in [5, 5.41) is 14.6. The number of benzene rings is 2. The fourth-order valence-corrected chi connectivity index (χ4v) is 4.56. The van der Waals surface area contributed by atoms with E-state index in [1.54, 1.807) is 12.1 Å². The van der Waals surface area contributed by atoms with E-state index in [1.165, 1.54) is 25.2 Å². The van der Waals surface area contributed by atoms with Gasteiger partial charge in [-0.15, -0.1) is 0 Å². The maximum absolute atomic E-state index is 14.8. The molecule has 2 aromatic carbocycles. The van der Waals surface area contributed by atoms with Crippen LogP contribution >= 0.6 is 0 Å². The maximum Gasteiger partial charge on any atom is 0.389 e. The Morgan fingerprint density at radius 1 is 1.07 bits per heavy atom. The molecule has 0 aliphatic heterocycles. The zero-order valence-electron chi connectivity index (χ0n) is 22.1. The van der Waals surface area contributed by atoms with Crippen molar-refractivity contribution in [2.45, 2.75) is 44.3 Å². The standard InChI is InChI=1S/C30H24F4N4O3/c1-16-3-5-17(6-4-16)25-24(27(40)36-2)21-14-19(23(37-28(21)41-25)9-10-30(32,33)34)18-7-8-22(31)20(13-18)26(39)38-29(15-35)11-12-29/h3-8,13-14H,9-12H2,1-2H3,(H,36,40)(H,38,39). The van der Waals surface area contributed by atoms with E-state index in [1.807, 2.05) is 25.1 Å². The molecule has 4 aromatic rings. The molecule has 0 spiro atoms. The lowest BCUT2D eigenvalue weighted by Gasteiger charge is -2.14. The number of fused-ring (bicyclic) bond motifs is 1. The first-order valence-corrected chi connectivity index (χ1v) is 12.8. The monoisotopic (exact) mass is 564 g/mol. The first-order chi connectivity index (χ1) is 19.4. The van der Waals surface area contributed by atoms with Crippen molar-refractivity contribution in [3.63, 3.8) is 0 Å². The quantitative estimate of drug-likeness (QED) is 0.258. The number of nitrogens with one attached hydrogen (secondary N) is 2. The number of carbonyl (C=O) groups excluding carboxylic acids is 2. The number of rotatable bonds is 7. The van der Waals surface area contributed by atoms with Gasteiger partial charge in [-0.1, -0.05) is 35.9 Å². The molecule has 2 amide bonds. The van der Waals surface area contributed by atoms with Gasteiger partial charge in [0.2, 0.25) is 5.71 Å². The highest BCUT2D eigenvalue weighted by Crippen LogP contribution is 2.38. The Balaban J connectivity index is 1.69. The second kappa shape index (κ2) is 10.4. The molecule has 2 heterocycles. The molecule has 0 atom stereocenters. The molecule has 0 unspecified atom stereocenters. The van der Waals surface area contributed by atoms with Crippen molar-refractivity contribution in [2.24, 2.45) is 0 Å². The van der Waals surface area contributed by atoms with Crippen LogP contribution in [0.3, 0.4) is 0 Å². The molecule has 2 N–H and O–H groups in total. The van der Waals surface area contributed by atoms with Gasteiger partial charge in [-0.2, -0.15) is 18.4 Å². The molecule has 0 saturated heterocycles. The molecule has 2 aromatic heterocycles. The molecule has 41 heavy (non-hydrogen) atoms. The number of aryl methyl sites for hydroxylation is 2. The number of carbonyl (C=O) groups is 2. The summed E-state index contributed by atoms with van der Waals surface area (Å²) >= 11 is 0. The van der Waals surface area contributed by atoms with Gasteiger partial charge in [0.05, 0.1) is 28.3 Å². The Labute approximate surface area is 232 Å². The zero-order valence-corrected chi connectivity index (χ0v) is 22.1. The predicted octanol–water partition coefficient (Wildman–Crippen LogP) is 6.25. The molecule has 11 heteroatoms. The third-order valence-electron chi connectivity index (χ3n) is 7.01. The number of hydrogen-bond donors (Lipinski definition) is 2. The van der Waals surface area contributed by atoms with Gasteiger partial charge in [-0.05, 0) is 49.9 Å². The van der Waals surface area contributed by atoms with Gasteiger partial charge >= 0.3 is 6.18 Å². The van der Waals surface area contributed by atoms with E-state index >= 15 is 0 Å². The number of amides is 2. The summed E-state index contributed by atoms with van der Waals surface area (Å²) in [5.41, 5.74) is 0.601. The van der Waals surface area contributed by atoms with Gasteiger partial charge in [0, 0.05) is 24.6 Å². The Morgan fingerprint density at radius 2 is 1.76 bits per heavy atom. The van der Waals surface area contributed by atoms with Gasteiger partial charge in [0.25, 0.3) is 11.8 Å². The first kappa shape index (κ1) is 27.8. The number of halogens is 4. The lowest BCUT2D eigenvalue weighted by atomic mass is 9.96. The van der Waals surface area contributed by atoms with Crippen molar-refractivity contribution < 1.29 is 31.6 Å².